The molecule has 6 heteroatoms. The van der Waals surface area contributed by atoms with Crippen molar-refractivity contribution in [3.05, 3.63) is 28.2 Å². The fourth-order valence-electron chi connectivity index (χ4n) is 1.30. The van der Waals surface area contributed by atoms with E-state index in [1.54, 1.807) is 18.2 Å². The number of thiocarbonyl (C=S) groups is 1. The van der Waals surface area contributed by atoms with E-state index in [1.165, 1.54) is 0 Å². The molecule has 94 valence electrons. The van der Waals surface area contributed by atoms with Crippen molar-refractivity contribution in [2.75, 3.05) is 25.0 Å². The summed E-state index contributed by atoms with van der Waals surface area (Å²) >= 11 is 16.9. The number of nitrogens with zero attached hydrogens (tertiary/aromatic N) is 1. The standard InChI is InChI=1S/C11H14Cl2N2OS/c1-2-15(5-6-16)11(17)14-8-3-4-9(12)10(13)7-8/h3-4,7,16H,2,5-6H2,1H3,(H,14,17). The SMILES string of the molecule is CCN(CCO)C(=S)Nc1ccc(Cl)c(Cl)c1. The van der Waals surface area contributed by atoms with E-state index in [-0.39, 0.29) is 6.61 Å². The van der Waals surface area contributed by atoms with Crippen LogP contribution in [0, 0.1) is 0 Å². The largest absolute Gasteiger partial charge is 0.395 e. The fourth-order valence-corrected chi connectivity index (χ4v) is 1.94. The third-order valence-corrected chi connectivity index (χ3v) is 3.31. The number of aliphatic hydroxyl groups is 1. The van der Waals surface area contributed by atoms with E-state index in [9.17, 15) is 0 Å². The third kappa shape index (κ3) is 4.32. The van der Waals surface area contributed by atoms with Crippen LogP contribution in [0.2, 0.25) is 10.0 Å². The molecule has 17 heavy (non-hydrogen) atoms. The molecule has 0 aromatic heterocycles. The molecule has 0 aliphatic rings. The van der Waals surface area contributed by atoms with Gasteiger partial charge in [-0.15, -0.1) is 0 Å². The minimum absolute atomic E-state index is 0.0665. The van der Waals surface area contributed by atoms with Crippen LogP contribution in [0.3, 0.4) is 0 Å². The predicted molar refractivity (Wildman–Crippen MR) is 77.0 cm³/mol. The van der Waals surface area contributed by atoms with Crippen molar-refractivity contribution in [2.45, 2.75) is 6.92 Å². The average molecular weight is 293 g/mol. The van der Waals surface area contributed by atoms with Gasteiger partial charge in [0.25, 0.3) is 0 Å². The fraction of sp³-hybridized carbons (Fsp3) is 0.364. The molecule has 3 nitrogen and oxygen atoms in total. The van der Waals surface area contributed by atoms with Gasteiger partial charge in [-0.1, -0.05) is 23.2 Å². The molecule has 0 aliphatic heterocycles. The molecule has 0 heterocycles. The highest BCUT2D eigenvalue weighted by Gasteiger charge is 2.07. The summed E-state index contributed by atoms with van der Waals surface area (Å²) in [4.78, 5) is 1.86. The van der Waals surface area contributed by atoms with E-state index in [2.05, 4.69) is 5.32 Å². The molecule has 0 fully saturated rings. The van der Waals surface area contributed by atoms with E-state index >= 15 is 0 Å². The molecule has 2 N–H and O–H groups in total. The summed E-state index contributed by atoms with van der Waals surface area (Å²) < 4.78 is 0. The number of rotatable bonds is 4. The zero-order valence-electron chi connectivity index (χ0n) is 9.41. The van der Waals surface area contributed by atoms with Crippen molar-refractivity contribution >= 4 is 46.2 Å². The third-order valence-electron chi connectivity index (χ3n) is 2.21. The molecule has 0 bridgehead atoms. The molecule has 0 saturated carbocycles. The molecule has 0 radical (unpaired) electrons. The number of anilines is 1. The van der Waals surface area contributed by atoms with Gasteiger partial charge in [-0.2, -0.15) is 0 Å². The van der Waals surface area contributed by atoms with Gasteiger partial charge in [-0.05, 0) is 37.3 Å². The monoisotopic (exact) mass is 292 g/mol. The number of nitrogens with one attached hydrogen (secondary N) is 1. The second-order valence-corrected chi connectivity index (χ2v) is 4.56. The van der Waals surface area contributed by atoms with Crippen molar-refractivity contribution in [2.24, 2.45) is 0 Å². The summed E-state index contributed by atoms with van der Waals surface area (Å²) in [6, 6.07) is 5.22. The molecular weight excluding hydrogens is 279 g/mol. The van der Waals surface area contributed by atoms with E-state index in [4.69, 9.17) is 40.5 Å². The quantitative estimate of drug-likeness (QED) is 0.837. The minimum atomic E-state index is 0.0665. The Morgan fingerprint density at radius 3 is 2.65 bits per heavy atom. The highest BCUT2D eigenvalue weighted by molar-refractivity contribution is 7.80. The number of hydrogen-bond donors (Lipinski definition) is 2. The number of likely N-dealkylation sites (N-methyl/N-ethyl adjacent to an activating group) is 1. The van der Waals surface area contributed by atoms with E-state index in [0.717, 1.165) is 12.2 Å². The van der Waals surface area contributed by atoms with Gasteiger partial charge >= 0.3 is 0 Å². The summed E-state index contributed by atoms with van der Waals surface area (Å²) in [6.45, 7) is 3.27. The lowest BCUT2D eigenvalue weighted by atomic mass is 10.3. The highest BCUT2D eigenvalue weighted by Crippen LogP contribution is 2.25. The summed E-state index contributed by atoms with van der Waals surface area (Å²) in [5, 5.41) is 13.5. The lowest BCUT2D eigenvalue weighted by Gasteiger charge is -2.23. The second kappa shape index (κ2) is 7.01. The van der Waals surface area contributed by atoms with Crippen LogP contribution in [-0.4, -0.2) is 34.8 Å². The van der Waals surface area contributed by atoms with Crippen LogP contribution in [0.15, 0.2) is 18.2 Å². The Hall–Kier alpha value is -0.550. The van der Waals surface area contributed by atoms with Crippen molar-refractivity contribution in [1.82, 2.24) is 4.90 Å². The maximum atomic E-state index is 8.90. The van der Waals surface area contributed by atoms with Gasteiger partial charge in [0.2, 0.25) is 0 Å². The molecular formula is C11H14Cl2N2OS. The van der Waals surface area contributed by atoms with Crippen molar-refractivity contribution in [3.8, 4) is 0 Å². The van der Waals surface area contributed by atoms with Crippen LogP contribution >= 0.6 is 35.4 Å². The first kappa shape index (κ1) is 14.5. The van der Waals surface area contributed by atoms with Gasteiger partial charge in [0, 0.05) is 18.8 Å². The van der Waals surface area contributed by atoms with Crippen molar-refractivity contribution in [1.29, 1.82) is 0 Å². The Bertz CT molecular complexity index is 401. The van der Waals surface area contributed by atoms with E-state index in [0.29, 0.717) is 21.7 Å². The van der Waals surface area contributed by atoms with Crippen LogP contribution in [0.5, 0.6) is 0 Å². The number of halogens is 2. The minimum Gasteiger partial charge on any atom is -0.395 e. The first-order valence-corrected chi connectivity index (χ1v) is 6.36. The summed E-state index contributed by atoms with van der Waals surface area (Å²) in [5.74, 6) is 0. The zero-order valence-corrected chi connectivity index (χ0v) is 11.7. The van der Waals surface area contributed by atoms with Crippen LogP contribution < -0.4 is 5.32 Å². The molecule has 0 unspecified atom stereocenters. The maximum absolute atomic E-state index is 8.90. The summed E-state index contributed by atoms with van der Waals surface area (Å²) in [6.07, 6.45) is 0. The van der Waals surface area contributed by atoms with Crippen LogP contribution in [0.4, 0.5) is 5.69 Å². The molecule has 0 aliphatic carbocycles. The first-order chi connectivity index (χ1) is 8.08. The molecule has 0 atom stereocenters. The summed E-state index contributed by atoms with van der Waals surface area (Å²) in [5.41, 5.74) is 0.779. The zero-order chi connectivity index (χ0) is 12.8. The first-order valence-electron chi connectivity index (χ1n) is 5.20. The molecule has 0 saturated heterocycles. The molecule has 0 spiro atoms. The second-order valence-electron chi connectivity index (χ2n) is 3.36. The molecule has 1 rings (SSSR count). The molecule has 0 amide bonds. The van der Waals surface area contributed by atoms with Crippen LogP contribution in [0.1, 0.15) is 6.92 Å². The smallest absolute Gasteiger partial charge is 0.173 e. The van der Waals surface area contributed by atoms with Crippen LogP contribution in [0.25, 0.3) is 0 Å². The van der Waals surface area contributed by atoms with Crippen molar-refractivity contribution in [3.63, 3.8) is 0 Å². The Balaban J connectivity index is 2.69. The Labute approximate surface area is 116 Å². The average Bonchev–Trinajstić information content (AvgIpc) is 2.30. The Morgan fingerprint density at radius 1 is 1.41 bits per heavy atom. The van der Waals surface area contributed by atoms with Gasteiger partial charge in [-0.25, -0.2) is 0 Å². The van der Waals surface area contributed by atoms with Crippen molar-refractivity contribution < 1.29 is 5.11 Å². The number of hydrogen-bond acceptors (Lipinski definition) is 2. The van der Waals surface area contributed by atoms with Crippen LogP contribution in [-0.2, 0) is 0 Å². The molecule has 1 aromatic rings. The van der Waals surface area contributed by atoms with E-state index < -0.39 is 0 Å². The Morgan fingerprint density at radius 2 is 2.12 bits per heavy atom. The normalized spacial score (nSPS) is 10.1. The van der Waals surface area contributed by atoms with Gasteiger partial charge in [0.1, 0.15) is 0 Å². The number of aliphatic hydroxyl groups excluding tert-OH is 1. The topological polar surface area (TPSA) is 35.5 Å². The van der Waals surface area contributed by atoms with Gasteiger partial charge < -0.3 is 15.3 Å². The van der Waals surface area contributed by atoms with E-state index in [1.807, 2.05) is 11.8 Å². The maximum Gasteiger partial charge on any atom is 0.173 e. The lowest BCUT2D eigenvalue weighted by molar-refractivity contribution is 0.254. The van der Waals surface area contributed by atoms with Gasteiger partial charge in [0.15, 0.2) is 5.11 Å². The summed E-state index contributed by atoms with van der Waals surface area (Å²) in [7, 11) is 0. The highest BCUT2D eigenvalue weighted by atomic mass is 35.5. The molecule has 1 aromatic carbocycles. The van der Waals surface area contributed by atoms with Gasteiger partial charge in [-0.3, -0.25) is 0 Å². The Kier molecular flexibility index (Phi) is 5.98. The lowest BCUT2D eigenvalue weighted by Crippen LogP contribution is -2.36. The predicted octanol–water partition coefficient (Wildman–Crippen LogP) is 3.00. The number of benzene rings is 1. The van der Waals surface area contributed by atoms with Gasteiger partial charge in [0.05, 0.1) is 16.7 Å².